The molecule has 3 nitrogen and oxygen atoms in total. The van der Waals surface area contributed by atoms with Gasteiger partial charge >= 0.3 is 5.97 Å². The lowest BCUT2D eigenvalue weighted by atomic mass is 10.1. The monoisotopic (exact) mass is 413 g/mol. The van der Waals surface area contributed by atoms with E-state index in [0.29, 0.717) is 0 Å². The summed E-state index contributed by atoms with van der Waals surface area (Å²) in [5.74, 6) is -0.919. The molecule has 0 spiro atoms. The molecule has 0 saturated heterocycles. The SMILES string of the molecule is CCCCCCCCC=CCCCCCCCCNc1cccc(C=CC(=O)O)c1. The van der Waals surface area contributed by atoms with Crippen LogP contribution in [0.5, 0.6) is 0 Å². The molecular weight excluding hydrogens is 370 g/mol. The molecule has 0 unspecified atom stereocenters. The van der Waals surface area contributed by atoms with Crippen LogP contribution in [0.25, 0.3) is 6.08 Å². The zero-order valence-electron chi connectivity index (χ0n) is 19.1. The molecule has 0 bridgehead atoms. The van der Waals surface area contributed by atoms with Crippen LogP contribution in [-0.2, 0) is 4.79 Å². The summed E-state index contributed by atoms with van der Waals surface area (Å²) in [5.41, 5.74) is 1.96. The van der Waals surface area contributed by atoms with Crippen LogP contribution in [-0.4, -0.2) is 17.6 Å². The van der Waals surface area contributed by atoms with Gasteiger partial charge in [-0.1, -0.05) is 89.0 Å². The lowest BCUT2D eigenvalue weighted by Gasteiger charge is -2.07. The summed E-state index contributed by atoms with van der Waals surface area (Å²) >= 11 is 0. The minimum absolute atomic E-state index is 0.906. The molecule has 0 aliphatic rings. The van der Waals surface area contributed by atoms with Crippen LogP contribution < -0.4 is 5.32 Å². The Kier molecular flexibility index (Phi) is 16.4. The number of rotatable bonds is 19. The zero-order chi connectivity index (χ0) is 21.7. The zero-order valence-corrected chi connectivity index (χ0v) is 19.1. The lowest BCUT2D eigenvalue weighted by molar-refractivity contribution is -0.131. The molecule has 0 aliphatic heterocycles. The molecular formula is C27H43NO2. The van der Waals surface area contributed by atoms with E-state index in [0.717, 1.165) is 17.8 Å². The van der Waals surface area contributed by atoms with E-state index in [1.165, 1.54) is 96.0 Å². The number of allylic oxidation sites excluding steroid dienone is 2. The fraction of sp³-hybridized carbons (Fsp3) is 0.593. The maximum atomic E-state index is 10.6. The number of nitrogens with one attached hydrogen (secondary N) is 1. The predicted molar refractivity (Wildman–Crippen MR) is 131 cm³/mol. The highest BCUT2D eigenvalue weighted by molar-refractivity contribution is 5.85. The van der Waals surface area contributed by atoms with Gasteiger partial charge in [-0.15, -0.1) is 0 Å². The summed E-state index contributed by atoms with van der Waals surface area (Å²) in [6.07, 6.45) is 26.1. The van der Waals surface area contributed by atoms with E-state index in [1.807, 2.05) is 24.3 Å². The van der Waals surface area contributed by atoms with Crippen LogP contribution >= 0.6 is 0 Å². The summed E-state index contributed by atoms with van der Waals surface area (Å²) in [6.45, 7) is 3.24. The van der Waals surface area contributed by atoms with Crippen LogP contribution in [0.4, 0.5) is 5.69 Å². The van der Waals surface area contributed by atoms with E-state index in [4.69, 9.17) is 5.11 Å². The maximum absolute atomic E-state index is 10.6. The Labute approximate surface area is 184 Å². The average Bonchev–Trinajstić information content (AvgIpc) is 2.75. The molecule has 0 fully saturated rings. The standard InChI is InChI=1S/C27H43NO2/c1-2-3-4-5-6-7-8-9-10-11-12-13-14-15-16-17-23-28-26-20-18-19-25(24-26)21-22-27(29)30/h9-10,18-22,24,28H,2-8,11-17,23H2,1H3,(H,29,30). The number of carboxylic acid groups (broad SMARTS) is 1. The van der Waals surface area contributed by atoms with Gasteiger partial charge in [-0.25, -0.2) is 4.79 Å². The third-order valence-corrected chi connectivity index (χ3v) is 5.32. The summed E-state index contributed by atoms with van der Waals surface area (Å²) in [5, 5.41) is 12.1. The van der Waals surface area contributed by atoms with E-state index < -0.39 is 5.97 Å². The minimum Gasteiger partial charge on any atom is -0.478 e. The van der Waals surface area contributed by atoms with Crippen molar-refractivity contribution in [3.63, 3.8) is 0 Å². The summed E-state index contributed by atoms with van der Waals surface area (Å²) in [6, 6.07) is 7.87. The Hall–Kier alpha value is -2.03. The van der Waals surface area contributed by atoms with Gasteiger partial charge in [-0.05, 0) is 55.9 Å². The summed E-state index contributed by atoms with van der Waals surface area (Å²) in [7, 11) is 0. The topological polar surface area (TPSA) is 49.3 Å². The van der Waals surface area contributed by atoms with Crippen molar-refractivity contribution in [2.24, 2.45) is 0 Å². The fourth-order valence-electron chi connectivity index (χ4n) is 3.53. The number of unbranched alkanes of at least 4 members (excludes halogenated alkanes) is 12. The fourth-order valence-corrected chi connectivity index (χ4v) is 3.53. The van der Waals surface area contributed by atoms with Crippen LogP contribution in [0.2, 0.25) is 0 Å². The highest BCUT2D eigenvalue weighted by Crippen LogP contribution is 2.13. The minimum atomic E-state index is -0.919. The number of anilines is 1. The summed E-state index contributed by atoms with van der Waals surface area (Å²) in [4.78, 5) is 10.6. The smallest absolute Gasteiger partial charge is 0.328 e. The normalized spacial score (nSPS) is 11.5. The van der Waals surface area contributed by atoms with Crippen molar-refractivity contribution >= 4 is 17.7 Å². The van der Waals surface area contributed by atoms with E-state index in [-0.39, 0.29) is 0 Å². The number of carboxylic acids is 1. The van der Waals surface area contributed by atoms with Gasteiger partial charge in [0.1, 0.15) is 0 Å². The van der Waals surface area contributed by atoms with Crippen molar-refractivity contribution < 1.29 is 9.90 Å². The van der Waals surface area contributed by atoms with Crippen molar-refractivity contribution in [1.82, 2.24) is 0 Å². The number of aliphatic carboxylic acids is 1. The first-order valence-corrected chi connectivity index (χ1v) is 12.1. The third kappa shape index (κ3) is 15.8. The molecule has 3 heteroatoms. The largest absolute Gasteiger partial charge is 0.478 e. The predicted octanol–water partition coefficient (Wildman–Crippen LogP) is 8.23. The number of hydrogen-bond donors (Lipinski definition) is 2. The van der Waals surface area contributed by atoms with Crippen molar-refractivity contribution in [2.45, 2.75) is 96.8 Å². The van der Waals surface area contributed by atoms with Gasteiger partial charge in [-0.3, -0.25) is 0 Å². The Morgan fingerprint density at radius 1 is 0.867 bits per heavy atom. The quantitative estimate of drug-likeness (QED) is 0.136. The molecule has 0 aromatic heterocycles. The van der Waals surface area contributed by atoms with E-state index >= 15 is 0 Å². The van der Waals surface area contributed by atoms with Gasteiger partial charge in [0.15, 0.2) is 0 Å². The maximum Gasteiger partial charge on any atom is 0.328 e. The van der Waals surface area contributed by atoms with E-state index in [9.17, 15) is 4.79 Å². The van der Waals surface area contributed by atoms with Gasteiger partial charge in [0.2, 0.25) is 0 Å². The van der Waals surface area contributed by atoms with Crippen LogP contribution in [0.3, 0.4) is 0 Å². The van der Waals surface area contributed by atoms with E-state index in [1.54, 1.807) is 6.08 Å². The van der Waals surface area contributed by atoms with Crippen molar-refractivity contribution in [3.8, 4) is 0 Å². The molecule has 168 valence electrons. The van der Waals surface area contributed by atoms with Gasteiger partial charge in [0.25, 0.3) is 0 Å². The highest BCUT2D eigenvalue weighted by Gasteiger charge is 1.95. The molecule has 2 N–H and O–H groups in total. The molecule has 0 aliphatic carbocycles. The molecule has 0 saturated carbocycles. The van der Waals surface area contributed by atoms with Crippen molar-refractivity contribution in [1.29, 1.82) is 0 Å². The Bertz CT molecular complexity index is 607. The van der Waals surface area contributed by atoms with Gasteiger partial charge in [0, 0.05) is 18.3 Å². The summed E-state index contributed by atoms with van der Waals surface area (Å²) < 4.78 is 0. The molecule has 0 heterocycles. The molecule has 1 aromatic rings. The van der Waals surface area contributed by atoms with Crippen LogP contribution in [0, 0.1) is 0 Å². The van der Waals surface area contributed by atoms with E-state index in [2.05, 4.69) is 24.4 Å². The molecule has 0 atom stereocenters. The number of hydrogen-bond acceptors (Lipinski definition) is 2. The van der Waals surface area contributed by atoms with Gasteiger partial charge in [0.05, 0.1) is 0 Å². The number of benzene rings is 1. The van der Waals surface area contributed by atoms with Gasteiger partial charge in [-0.2, -0.15) is 0 Å². The first-order chi connectivity index (χ1) is 14.7. The highest BCUT2D eigenvalue weighted by atomic mass is 16.4. The Balaban J connectivity index is 1.91. The van der Waals surface area contributed by atoms with Gasteiger partial charge < -0.3 is 10.4 Å². The van der Waals surface area contributed by atoms with Crippen molar-refractivity contribution in [2.75, 3.05) is 11.9 Å². The first kappa shape index (κ1) is 26.0. The first-order valence-electron chi connectivity index (χ1n) is 12.1. The third-order valence-electron chi connectivity index (χ3n) is 5.32. The average molecular weight is 414 g/mol. The number of carbonyl (C=O) groups is 1. The Morgan fingerprint density at radius 3 is 2.10 bits per heavy atom. The van der Waals surface area contributed by atoms with Crippen molar-refractivity contribution in [3.05, 3.63) is 48.1 Å². The van der Waals surface area contributed by atoms with Crippen LogP contribution in [0.15, 0.2) is 42.5 Å². The van der Waals surface area contributed by atoms with Crippen LogP contribution in [0.1, 0.15) is 102 Å². The second-order valence-electron chi connectivity index (χ2n) is 8.16. The lowest BCUT2D eigenvalue weighted by Crippen LogP contribution is -2.01. The molecule has 1 aromatic carbocycles. The second-order valence-corrected chi connectivity index (χ2v) is 8.16. The molecule has 0 amide bonds. The molecule has 0 radical (unpaired) electrons. The molecule has 1 rings (SSSR count). The Morgan fingerprint density at radius 2 is 1.47 bits per heavy atom. The second kappa shape index (κ2) is 19.0. The molecule has 30 heavy (non-hydrogen) atoms.